The van der Waals surface area contributed by atoms with Crippen LogP contribution in [0.5, 0.6) is 5.75 Å². The van der Waals surface area contributed by atoms with E-state index in [0.29, 0.717) is 24.9 Å². The summed E-state index contributed by atoms with van der Waals surface area (Å²) in [6.07, 6.45) is 1.61. The topological polar surface area (TPSA) is 75.8 Å². The Morgan fingerprint density at radius 2 is 2.04 bits per heavy atom. The van der Waals surface area contributed by atoms with Crippen LogP contribution in [0.4, 0.5) is 0 Å². The highest BCUT2D eigenvalue weighted by atomic mass is 16.5. The molecule has 2 rings (SSSR count). The lowest BCUT2D eigenvalue weighted by Gasteiger charge is -2.22. The molecule has 0 aliphatic carbocycles. The molecule has 7 nitrogen and oxygen atoms in total. The second-order valence-electron chi connectivity index (χ2n) is 6.01. The first-order chi connectivity index (χ1) is 12.6. The lowest BCUT2D eigenvalue weighted by Crippen LogP contribution is -2.38. The molecule has 0 saturated heterocycles. The molecule has 0 saturated carbocycles. The molecule has 0 amide bonds. The maximum atomic E-state index is 5.49. The average Bonchev–Trinajstić information content (AvgIpc) is 3.05. The molecule has 1 N–H and O–H groups in total. The maximum Gasteiger partial charge on any atom is 0.226 e. The van der Waals surface area contributed by atoms with Gasteiger partial charge in [0.15, 0.2) is 11.8 Å². The smallest absolute Gasteiger partial charge is 0.226 e. The van der Waals surface area contributed by atoms with Gasteiger partial charge >= 0.3 is 0 Å². The van der Waals surface area contributed by atoms with Crippen molar-refractivity contribution in [2.45, 2.75) is 40.2 Å². The Labute approximate surface area is 155 Å². The standard InChI is InChI=1S/C19H29N5O2/c1-5-20-19(21-13-7-8-18-22-15(3)23-26-18)24(4)14-16-9-11-17(12-10-16)25-6-2/h9-12H,5-8,13-14H2,1-4H3,(H,20,21). The molecule has 1 aromatic heterocycles. The molecule has 0 bridgehead atoms. The molecule has 26 heavy (non-hydrogen) atoms. The van der Waals surface area contributed by atoms with Gasteiger partial charge in [0.1, 0.15) is 5.75 Å². The van der Waals surface area contributed by atoms with Crippen LogP contribution in [0, 0.1) is 6.92 Å². The number of benzene rings is 1. The van der Waals surface area contributed by atoms with Crippen molar-refractivity contribution in [2.75, 3.05) is 26.7 Å². The molecule has 0 unspecified atom stereocenters. The largest absolute Gasteiger partial charge is 0.494 e. The number of nitrogens with zero attached hydrogens (tertiary/aromatic N) is 4. The van der Waals surface area contributed by atoms with Crippen LogP contribution in [-0.2, 0) is 13.0 Å². The Morgan fingerprint density at radius 3 is 2.65 bits per heavy atom. The molecule has 0 aliphatic heterocycles. The van der Waals surface area contributed by atoms with E-state index in [1.807, 2.05) is 33.0 Å². The highest BCUT2D eigenvalue weighted by Gasteiger charge is 2.07. The lowest BCUT2D eigenvalue weighted by atomic mass is 10.2. The van der Waals surface area contributed by atoms with Crippen molar-refractivity contribution in [3.63, 3.8) is 0 Å². The third-order valence-corrected chi connectivity index (χ3v) is 3.73. The molecule has 0 fully saturated rings. The zero-order valence-electron chi connectivity index (χ0n) is 16.2. The van der Waals surface area contributed by atoms with Crippen LogP contribution in [0.25, 0.3) is 0 Å². The van der Waals surface area contributed by atoms with Crippen molar-refractivity contribution in [1.29, 1.82) is 0 Å². The zero-order chi connectivity index (χ0) is 18.8. The van der Waals surface area contributed by atoms with Gasteiger partial charge in [0.05, 0.1) is 6.61 Å². The second-order valence-corrected chi connectivity index (χ2v) is 6.01. The Balaban J connectivity index is 1.87. The third-order valence-electron chi connectivity index (χ3n) is 3.73. The predicted molar refractivity (Wildman–Crippen MR) is 102 cm³/mol. The minimum absolute atomic E-state index is 0.672. The highest BCUT2D eigenvalue weighted by molar-refractivity contribution is 5.79. The Morgan fingerprint density at radius 1 is 1.27 bits per heavy atom. The van der Waals surface area contributed by atoms with Gasteiger partial charge in [-0.1, -0.05) is 17.3 Å². The van der Waals surface area contributed by atoms with Gasteiger partial charge in [0.2, 0.25) is 5.89 Å². The molecule has 142 valence electrons. The van der Waals surface area contributed by atoms with Crippen molar-refractivity contribution < 1.29 is 9.26 Å². The number of aromatic nitrogens is 2. The predicted octanol–water partition coefficient (Wildman–Crippen LogP) is 2.81. The summed E-state index contributed by atoms with van der Waals surface area (Å²) in [5.41, 5.74) is 1.21. The van der Waals surface area contributed by atoms with Crippen molar-refractivity contribution in [3.8, 4) is 5.75 Å². The van der Waals surface area contributed by atoms with Gasteiger partial charge < -0.3 is 19.5 Å². The Hall–Kier alpha value is -2.57. The molecule has 0 spiro atoms. The van der Waals surface area contributed by atoms with Crippen molar-refractivity contribution in [1.82, 2.24) is 20.4 Å². The Bertz CT molecular complexity index is 681. The van der Waals surface area contributed by atoms with E-state index in [4.69, 9.17) is 14.3 Å². The Kier molecular flexibility index (Phi) is 7.92. The van der Waals surface area contributed by atoms with Crippen LogP contribution < -0.4 is 10.1 Å². The molecule has 2 aromatic rings. The van der Waals surface area contributed by atoms with Crippen molar-refractivity contribution in [2.24, 2.45) is 4.99 Å². The molecule has 1 heterocycles. The van der Waals surface area contributed by atoms with E-state index in [2.05, 4.69) is 39.4 Å². The molecule has 0 radical (unpaired) electrons. The molecule has 7 heteroatoms. The summed E-state index contributed by atoms with van der Waals surface area (Å²) in [6, 6.07) is 8.18. The van der Waals surface area contributed by atoms with Crippen LogP contribution in [0.2, 0.25) is 0 Å². The van der Waals surface area contributed by atoms with Gasteiger partial charge in [0, 0.05) is 33.1 Å². The first-order valence-corrected chi connectivity index (χ1v) is 9.12. The quantitative estimate of drug-likeness (QED) is 0.421. The number of rotatable bonds is 9. The number of ether oxygens (including phenoxy) is 1. The van der Waals surface area contributed by atoms with Crippen LogP contribution in [0.15, 0.2) is 33.8 Å². The third kappa shape index (κ3) is 6.38. The SMILES string of the molecule is CCNC(=NCCCc1nc(C)no1)N(C)Cc1ccc(OCC)cc1. The maximum absolute atomic E-state index is 5.49. The fourth-order valence-corrected chi connectivity index (χ4v) is 2.53. The van der Waals surface area contributed by atoms with E-state index in [-0.39, 0.29) is 0 Å². The number of aliphatic imine (C=N–C) groups is 1. The normalized spacial score (nSPS) is 11.5. The van der Waals surface area contributed by atoms with E-state index < -0.39 is 0 Å². The number of hydrogen-bond acceptors (Lipinski definition) is 5. The van der Waals surface area contributed by atoms with Crippen LogP contribution in [0.3, 0.4) is 0 Å². The van der Waals surface area contributed by atoms with Gasteiger partial charge in [-0.15, -0.1) is 0 Å². The summed E-state index contributed by atoms with van der Waals surface area (Å²) in [6.45, 7) is 8.87. The fraction of sp³-hybridized carbons (Fsp3) is 0.526. The van der Waals surface area contributed by atoms with E-state index in [1.54, 1.807) is 0 Å². The molecule has 0 atom stereocenters. The summed E-state index contributed by atoms with van der Waals surface area (Å²) in [7, 11) is 2.04. The van der Waals surface area contributed by atoms with Gasteiger partial charge in [-0.2, -0.15) is 4.98 Å². The second kappa shape index (κ2) is 10.4. The zero-order valence-corrected chi connectivity index (χ0v) is 16.2. The van der Waals surface area contributed by atoms with E-state index in [1.165, 1.54) is 5.56 Å². The van der Waals surface area contributed by atoms with Crippen molar-refractivity contribution >= 4 is 5.96 Å². The fourth-order valence-electron chi connectivity index (χ4n) is 2.53. The molecular formula is C19H29N5O2. The summed E-state index contributed by atoms with van der Waals surface area (Å²) >= 11 is 0. The highest BCUT2D eigenvalue weighted by Crippen LogP contribution is 2.13. The summed E-state index contributed by atoms with van der Waals surface area (Å²) in [5.74, 6) is 3.14. The minimum Gasteiger partial charge on any atom is -0.494 e. The van der Waals surface area contributed by atoms with Crippen LogP contribution >= 0.6 is 0 Å². The summed E-state index contributed by atoms with van der Waals surface area (Å²) < 4.78 is 10.6. The molecular weight excluding hydrogens is 330 g/mol. The van der Waals surface area contributed by atoms with E-state index >= 15 is 0 Å². The first-order valence-electron chi connectivity index (χ1n) is 9.12. The summed E-state index contributed by atoms with van der Waals surface area (Å²) in [4.78, 5) is 11.0. The number of aryl methyl sites for hydroxylation is 2. The number of hydrogen-bond donors (Lipinski definition) is 1. The van der Waals surface area contributed by atoms with Crippen LogP contribution in [0.1, 0.15) is 37.5 Å². The lowest BCUT2D eigenvalue weighted by molar-refractivity contribution is 0.340. The van der Waals surface area contributed by atoms with E-state index in [0.717, 1.165) is 37.6 Å². The van der Waals surface area contributed by atoms with Crippen LogP contribution in [-0.4, -0.2) is 47.7 Å². The van der Waals surface area contributed by atoms with Gasteiger partial charge in [-0.3, -0.25) is 4.99 Å². The summed E-state index contributed by atoms with van der Waals surface area (Å²) in [5, 5.41) is 7.14. The van der Waals surface area contributed by atoms with Gasteiger partial charge in [-0.25, -0.2) is 0 Å². The van der Waals surface area contributed by atoms with Gasteiger partial charge in [0.25, 0.3) is 0 Å². The monoisotopic (exact) mass is 359 g/mol. The first kappa shape index (κ1) is 19.8. The average molecular weight is 359 g/mol. The number of nitrogens with one attached hydrogen (secondary N) is 1. The molecule has 0 aliphatic rings. The van der Waals surface area contributed by atoms with E-state index in [9.17, 15) is 0 Å². The van der Waals surface area contributed by atoms with Crippen molar-refractivity contribution in [3.05, 3.63) is 41.5 Å². The molecule has 1 aromatic carbocycles. The minimum atomic E-state index is 0.672. The van der Waals surface area contributed by atoms with Gasteiger partial charge in [-0.05, 0) is 44.9 Å². The number of guanidine groups is 1.